The molecule has 0 fully saturated rings. The fraction of sp³-hybridized carbons (Fsp3) is 0.533. The van der Waals surface area contributed by atoms with Gasteiger partial charge in [-0.1, -0.05) is 25.2 Å². The van der Waals surface area contributed by atoms with Crippen LogP contribution in [0.25, 0.3) is 9.53 Å². The number of rotatable bonds is 6. The molecule has 126 valence electrons. The van der Waals surface area contributed by atoms with Gasteiger partial charge in [-0.25, -0.2) is 9.78 Å². The van der Waals surface area contributed by atoms with Crippen LogP contribution in [0.4, 0.5) is 5.13 Å². The van der Waals surface area contributed by atoms with Crippen LogP contribution in [0.5, 0.6) is 0 Å². The molecule has 2 rings (SSSR count). The zero-order chi connectivity index (χ0) is 17.1. The number of ether oxygens (including phenoxy) is 1. The van der Waals surface area contributed by atoms with E-state index in [4.69, 9.17) is 4.74 Å². The number of fused-ring (bicyclic) bond motifs is 1. The highest BCUT2D eigenvalue weighted by Gasteiger charge is 2.18. The summed E-state index contributed by atoms with van der Waals surface area (Å²) in [6.45, 7) is 5.69. The third-order valence-corrected chi connectivity index (χ3v) is 5.69. The van der Waals surface area contributed by atoms with Crippen molar-refractivity contribution in [3.05, 3.63) is 10.9 Å². The largest absolute Gasteiger partial charge is 0.451 e. The van der Waals surface area contributed by atoms with E-state index in [0.29, 0.717) is 10.8 Å². The van der Waals surface area contributed by atoms with E-state index in [9.17, 15) is 9.59 Å². The minimum atomic E-state index is -0.487. The summed E-state index contributed by atoms with van der Waals surface area (Å²) in [6, 6.07) is 1.81. The van der Waals surface area contributed by atoms with Gasteiger partial charge in [-0.05, 0) is 18.9 Å². The van der Waals surface area contributed by atoms with Gasteiger partial charge in [0.25, 0.3) is 5.91 Å². The molecule has 1 atom stereocenters. The monoisotopic (exact) mass is 355 g/mol. The molecule has 0 saturated carbocycles. The molecule has 0 aliphatic rings. The van der Waals surface area contributed by atoms with E-state index < -0.39 is 5.97 Å². The fourth-order valence-electron chi connectivity index (χ4n) is 1.68. The van der Waals surface area contributed by atoms with E-state index in [1.807, 2.05) is 39.8 Å². The number of aromatic nitrogens is 1. The van der Waals surface area contributed by atoms with Gasteiger partial charge in [0.05, 0.1) is 4.70 Å². The first-order valence-electron chi connectivity index (χ1n) is 7.32. The molecule has 0 aromatic carbocycles. The number of esters is 1. The minimum Gasteiger partial charge on any atom is -0.451 e. The van der Waals surface area contributed by atoms with Crippen LogP contribution in [0.1, 0.15) is 30.4 Å². The molecule has 1 unspecified atom stereocenters. The Morgan fingerprint density at radius 3 is 2.57 bits per heavy atom. The van der Waals surface area contributed by atoms with E-state index in [-0.39, 0.29) is 18.6 Å². The van der Waals surface area contributed by atoms with Gasteiger partial charge in [0.15, 0.2) is 11.7 Å². The van der Waals surface area contributed by atoms with Crippen molar-refractivity contribution in [3.8, 4) is 0 Å². The zero-order valence-corrected chi connectivity index (χ0v) is 15.5. The van der Waals surface area contributed by atoms with Gasteiger partial charge in [0.1, 0.15) is 9.71 Å². The Bertz CT molecular complexity index is 674. The maximum absolute atomic E-state index is 12.0. The first-order chi connectivity index (χ1) is 10.8. The standard InChI is InChI=1S/C15H21N3O3S2/c1-8(2)9(3)16-12(19)7-21-14(20)11-6-10-13(22-11)17-15(23-10)18(4)5/h6,8-9H,7H2,1-5H3,(H,16,19). The highest BCUT2D eigenvalue weighted by molar-refractivity contribution is 7.29. The lowest BCUT2D eigenvalue weighted by molar-refractivity contribution is -0.125. The summed E-state index contributed by atoms with van der Waals surface area (Å²) in [7, 11) is 3.85. The van der Waals surface area contributed by atoms with Gasteiger partial charge in [-0.15, -0.1) is 11.3 Å². The average Bonchev–Trinajstić information content (AvgIpc) is 3.02. The third kappa shape index (κ3) is 4.42. The normalized spacial score (nSPS) is 12.4. The van der Waals surface area contributed by atoms with E-state index in [1.165, 1.54) is 22.7 Å². The fourth-order valence-corrected chi connectivity index (χ4v) is 3.71. The Hall–Kier alpha value is -1.67. The van der Waals surface area contributed by atoms with Gasteiger partial charge in [0, 0.05) is 20.1 Å². The second-order valence-electron chi connectivity index (χ2n) is 5.85. The summed E-state index contributed by atoms with van der Waals surface area (Å²) in [5, 5.41) is 3.70. The molecule has 0 radical (unpaired) electrons. The summed E-state index contributed by atoms with van der Waals surface area (Å²) in [5.41, 5.74) is 0. The van der Waals surface area contributed by atoms with E-state index in [1.54, 1.807) is 6.07 Å². The summed E-state index contributed by atoms with van der Waals surface area (Å²) >= 11 is 2.80. The SMILES string of the molecule is CC(C)C(C)NC(=O)COC(=O)c1cc2sc(N(C)C)nc2s1. The number of thiazole rings is 1. The van der Waals surface area contributed by atoms with E-state index >= 15 is 0 Å². The molecule has 0 aliphatic carbocycles. The van der Waals surface area contributed by atoms with Crippen LogP contribution in [-0.2, 0) is 9.53 Å². The van der Waals surface area contributed by atoms with Crippen LogP contribution >= 0.6 is 22.7 Å². The number of amides is 1. The Morgan fingerprint density at radius 1 is 1.30 bits per heavy atom. The first kappa shape index (κ1) is 17.7. The summed E-state index contributed by atoms with van der Waals surface area (Å²) in [6.07, 6.45) is 0. The molecule has 2 aromatic rings. The molecule has 23 heavy (non-hydrogen) atoms. The number of thiophene rings is 1. The molecule has 1 amide bonds. The summed E-state index contributed by atoms with van der Waals surface area (Å²) in [5.74, 6) is -0.444. The van der Waals surface area contributed by atoms with Crippen LogP contribution in [-0.4, -0.2) is 43.6 Å². The van der Waals surface area contributed by atoms with Crippen molar-refractivity contribution in [2.24, 2.45) is 5.92 Å². The van der Waals surface area contributed by atoms with Gasteiger partial charge >= 0.3 is 5.97 Å². The predicted molar refractivity (Wildman–Crippen MR) is 94.5 cm³/mol. The first-order valence-corrected chi connectivity index (χ1v) is 8.95. The van der Waals surface area contributed by atoms with Gasteiger partial charge in [-0.3, -0.25) is 4.79 Å². The van der Waals surface area contributed by atoms with Gasteiger partial charge < -0.3 is 15.0 Å². The smallest absolute Gasteiger partial charge is 0.348 e. The number of hydrogen-bond acceptors (Lipinski definition) is 7. The van der Waals surface area contributed by atoms with Crippen LogP contribution < -0.4 is 10.2 Å². The predicted octanol–water partition coefficient (Wildman–Crippen LogP) is 2.74. The Kier molecular flexibility index (Phi) is 5.59. The van der Waals surface area contributed by atoms with Gasteiger partial charge in [0.2, 0.25) is 0 Å². The maximum atomic E-state index is 12.0. The van der Waals surface area contributed by atoms with Crippen molar-refractivity contribution in [1.82, 2.24) is 10.3 Å². The van der Waals surface area contributed by atoms with Crippen LogP contribution in [0.2, 0.25) is 0 Å². The lowest BCUT2D eigenvalue weighted by Gasteiger charge is -2.17. The Balaban J connectivity index is 1.93. The summed E-state index contributed by atoms with van der Waals surface area (Å²) in [4.78, 5) is 31.4. The molecule has 0 bridgehead atoms. The maximum Gasteiger partial charge on any atom is 0.348 e. The zero-order valence-electron chi connectivity index (χ0n) is 13.9. The van der Waals surface area contributed by atoms with Crippen molar-refractivity contribution in [3.63, 3.8) is 0 Å². The van der Waals surface area contributed by atoms with Gasteiger partial charge in [-0.2, -0.15) is 0 Å². The molecular weight excluding hydrogens is 334 g/mol. The number of nitrogens with zero attached hydrogens (tertiary/aromatic N) is 2. The molecule has 2 heterocycles. The van der Waals surface area contributed by atoms with E-state index in [2.05, 4.69) is 10.3 Å². The summed E-state index contributed by atoms with van der Waals surface area (Å²) < 4.78 is 6.02. The number of hydrogen-bond donors (Lipinski definition) is 1. The Morgan fingerprint density at radius 2 is 2.00 bits per heavy atom. The molecule has 0 aliphatic heterocycles. The number of carbonyl (C=O) groups excluding carboxylic acids is 2. The average molecular weight is 355 g/mol. The molecular formula is C15H21N3O3S2. The second-order valence-corrected chi connectivity index (χ2v) is 7.89. The molecule has 0 saturated heterocycles. The Labute approximate surface area is 143 Å². The molecule has 6 nitrogen and oxygen atoms in total. The van der Waals surface area contributed by atoms with E-state index in [0.717, 1.165) is 14.7 Å². The molecule has 0 spiro atoms. The second kappa shape index (κ2) is 7.27. The van der Waals surface area contributed by atoms with Crippen molar-refractivity contribution in [2.75, 3.05) is 25.6 Å². The minimum absolute atomic E-state index is 0.0435. The van der Waals surface area contributed by atoms with Crippen molar-refractivity contribution >= 4 is 49.2 Å². The lowest BCUT2D eigenvalue weighted by atomic mass is 10.1. The van der Waals surface area contributed by atoms with Crippen LogP contribution in [0.15, 0.2) is 6.07 Å². The molecule has 2 aromatic heterocycles. The third-order valence-electron chi connectivity index (χ3n) is 3.38. The van der Waals surface area contributed by atoms with Crippen molar-refractivity contribution in [2.45, 2.75) is 26.8 Å². The highest BCUT2D eigenvalue weighted by atomic mass is 32.1. The quantitative estimate of drug-likeness (QED) is 0.807. The van der Waals surface area contributed by atoms with Crippen LogP contribution in [0.3, 0.4) is 0 Å². The van der Waals surface area contributed by atoms with Crippen LogP contribution in [0, 0.1) is 5.92 Å². The number of anilines is 1. The molecule has 8 heteroatoms. The number of carbonyl (C=O) groups is 2. The lowest BCUT2D eigenvalue weighted by Crippen LogP contribution is -2.38. The highest BCUT2D eigenvalue weighted by Crippen LogP contribution is 2.34. The topological polar surface area (TPSA) is 71.5 Å². The van der Waals surface area contributed by atoms with Crippen molar-refractivity contribution < 1.29 is 14.3 Å². The molecule has 1 N–H and O–H groups in total. The number of nitrogens with one attached hydrogen (secondary N) is 1. The van der Waals surface area contributed by atoms with Crippen molar-refractivity contribution in [1.29, 1.82) is 0 Å².